The number of aliphatic hydroxyl groups is 2. The molecular formula is C25H32N2O6. The minimum absolute atomic E-state index is 0.0225. The second kappa shape index (κ2) is 10.2. The van der Waals surface area contributed by atoms with Crippen molar-refractivity contribution in [1.82, 2.24) is 10.2 Å². The maximum atomic E-state index is 13.4. The van der Waals surface area contributed by atoms with E-state index in [1.807, 2.05) is 30.3 Å². The molecule has 3 rings (SSSR count). The lowest BCUT2D eigenvalue weighted by Crippen LogP contribution is -2.53. The summed E-state index contributed by atoms with van der Waals surface area (Å²) in [5, 5.41) is 21.8. The van der Waals surface area contributed by atoms with Crippen LogP contribution in [-0.2, 0) is 21.7 Å². The highest BCUT2D eigenvalue weighted by Gasteiger charge is 2.50. The number of aliphatic hydroxyl groups excluding tert-OH is 2. The molecule has 2 aromatic carbocycles. The van der Waals surface area contributed by atoms with Crippen LogP contribution in [0.1, 0.15) is 38.3 Å². The van der Waals surface area contributed by atoms with Crippen molar-refractivity contribution in [3.05, 3.63) is 65.7 Å². The summed E-state index contributed by atoms with van der Waals surface area (Å²) in [5.41, 5.74) is -0.440. The van der Waals surface area contributed by atoms with Crippen LogP contribution >= 0.6 is 0 Å². The van der Waals surface area contributed by atoms with Gasteiger partial charge in [0, 0.05) is 19.5 Å². The fourth-order valence-electron chi connectivity index (χ4n) is 3.78. The maximum absolute atomic E-state index is 13.4. The van der Waals surface area contributed by atoms with Crippen molar-refractivity contribution in [3.63, 3.8) is 0 Å². The molecule has 2 atom stereocenters. The van der Waals surface area contributed by atoms with Crippen molar-refractivity contribution >= 4 is 12.0 Å². The van der Waals surface area contributed by atoms with Crippen molar-refractivity contribution in [2.24, 2.45) is 0 Å². The van der Waals surface area contributed by atoms with Crippen molar-refractivity contribution < 1.29 is 29.3 Å². The van der Waals surface area contributed by atoms with Gasteiger partial charge >= 0.3 is 6.09 Å². The molecule has 2 amide bonds. The van der Waals surface area contributed by atoms with Gasteiger partial charge in [0.25, 0.3) is 5.91 Å². The summed E-state index contributed by atoms with van der Waals surface area (Å²) in [5.74, 6) is 0.270. The van der Waals surface area contributed by atoms with Crippen LogP contribution in [0.15, 0.2) is 54.6 Å². The number of β-amino-alcohol motifs (C(OH)–C–C–N with tert-alkyl or cyclic N) is 1. The molecule has 0 radical (unpaired) electrons. The van der Waals surface area contributed by atoms with Crippen molar-refractivity contribution in [3.8, 4) is 5.75 Å². The third kappa shape index (κ3) is 6.24. The Hall–Kier alpha value is -3.10. The molecule has 178 valence electrons. The second-order valence-corrected chi connectivity index (χ2v) is 9.17. The van der Waals surface area contributed by atoms with E-state index in [1.54, 1.807) is 45.0 Å². The van der Waals surface area contributed by atoms with Crippen LogP contribution in [-0.4, -0.2) is 58.5 Å². The average Bonchev–Trinajstić information content (AvgIpc) is 3.08. The molecule has 8 nitrogen and oxygen atoms in total. The number of hydrogen-bond donors (Lipinski definition) is 3. The van der Waals surface area contributed by atoms with Gasteiger partial charge in [-0.25, -0.2) is 4.79 Å². The molecule has 2 unspecified atom stereocenters. The molecule has 1 heterocycles. The van der Waals surface area contributed by atoms with Gasteiger partial charge in [-0.15, -0.1) is 0 Å². The van der Waals surface area contributed by atoms with Crippen molar-refractivity contribution in [2.45, 2.75) is 51.0 Å². The summed E-state index contributed by atoms with van der Waals surface area (Å²) >= 11 is 0. The first-order valence-corrected chi connectivity index (χ1v) is 11.0. The largest absolute Gasteiger partial charge is 0.489 e. The van der Waals surface area contributed by atoms with Gasteiger partial charge in [0.05, 0.1) is 12.7 Å². The minimum Gasteiger partial charge on any atom is -0.489 e. The minimum atomic E-state index is -1.34. The molecule has 0 bridgehead atoms. The maximum Gasteiger partial charge on any atom is 0.408 e. The number of amides is 2. The lowest BCUT2D eigenvalue weighted by Gasteiger charge is -2.31. The van der Waals surface area contributed by atoms with Crippen LogP contribution in [0.5, 0.6) is 5.75 Å². The monoisotopic (exact) mass is 456 g/mol. The number of hydrogen-bond acceptors (Lipinski definition) is 6. The Bertz CT molecular complexity index is 942. The van der Waals surface area contributed by atoms with E-state index < -0.39 is 29.9 Å². The predicted molar refractivity (Wildman–Crippen MR) is 123 cm³/mol. The van der Waals surface area contributed by atoms with E-state index in [0.29, 0.717) is 30.9 Å². The number of likely N-dealkylation sites (tertiary alicyclic amines) is 1. The van der Waals surface area contributed by atoms with Gasteiger partial charge in [0.2, 0.25) is 0 Å². The summed E-state index contributed by atoms with van der Waals surface area (Å²) in [4.78, 5) is 27.5. The summed E-state index contributed by atoms with van der Waals surface area (Å²) in [6, 6.07) is 16.8. The molecule has 3 N–H and O–H groups in total. The van der Waals surface area contributed by atoms with E-state index in [0.717, 1.165) is 5.56 Å². The summed E-state index contributed by atoms with van der Waals surface area (Å²) in [6.07, 6.45) is -1.46. The third-order valence-corrected chi connectivity index (χ3v) is 5.36. The van der Waals surface area contributed by atoms with E-state index >= 15 is 0 Å². The molecule has 0 saturated carbocycles. The Morgan fingerprint density at radius 2 is 1.82 bits per heavy atom. The van der Waals surface area contributed by atoms with Crippen LogP contribution in [0, 0.1) is 0 Å². The second-order valence-electron chi connectivity index (χ2n) is 9.17. The Labute approximate surface area is 194 Å². The zero-order valence-corrected chi connectivity index (χ0v) is 19.3. The number of ether oxygens (including phenoxy) is 2. The molecular weight excluding hydrogens is 424 g/mol. The molecule has 1 saturated heterocycles. The highest BCUT2D eigenvalue weighted by atomic mass is 16.6. The van der Waals surface area contributed by atoms with Crippen molar-refractivity contribution in [1.29, 1.82) is 0 Å². The smallest absolute Gasteiger partial charge is 0.408 e. The zero-order valence-electron chi connectivity index (χ0n) is 19.3. The fraction of sp³-hybridized carbons (Fsp3) is 0.440. The van der Waals surface area contributed by atoms with Gasteiger partial charge in [-0.05, 0) is 44.0 Å². The van der Waals surface area contributed by atoms with Gasteiger partial charge in [-0.2, -0.15) is 0 Å². The Morgan fingerprint density at radius 3 is 2.42 bits per heavy atom. The summed E-state index contributed by atoms with van der Waals surface area (Å²) in [6.45, 7) is 5.50. The molecule has 0 aliphatic carbocycles. The number of carbonyl (C=O) groups is 2. The molecule has 0 aromatic heterocycles. The van der Waals surface area contributed by atoms with E-state index in [1.165, 1.54) is 4.90 Å². The molecule has 1 aliphatic rings. The highest BCUT2D eigenvalue weighted by Crippen LogP contribution is 2.35. The van der Waals surface area contributed by atoms with Gasteiger partial charge < -0.3 is 29.9 Å². The molecule has 8 heteroatoms. The normalized spacial score (nSPS) is 19.3. The fourth-order valence-corrected chi connectivity index (χ4v) is 3.78. The average molecular weight is 457 g/mol. The molecule has 2 aromatic rings. The van der Waals surface area contributed by atoms with Gasteiger partial charge in [-0.3, -0.25) is 4.79 Å². The Balaban J connectivity index is 1.81. The standard InChI is InChI=1S/C25H32N2O6/c1-24(2,3)33-23(31)26-25(13-14-27(22(25)30)15-20(29)16-28)19-9-11-21(12-10-19)32-17-18-7-5-4-6-8-18/h4-12,20,28-29H,13-17H2,1-3H3,(H,26,31). The van der Waals surface area contributed by atoms with E-state index in [-0.39, 0.29) is 12.5 Å². The Kier molecular flexibility index (Phi) is 7.61. The van der Waals surface area contributed by atoms with E-state index in [2.05, 4.69) is 5.32 Å². The topological polar surface area (TPSA) is 108 Å². The van der Waals surface area contributed by atoms with Crippen molar-refractivity contribution in [2.75, 3.05) is 19.7 Å². The van der Waals surface area contributed by atoms with Crippen LogP contribution in [0.25, 0.3) is 0 Å². The molecule has 1 aliphatic heterocycles. The first-order valence-electron chi connectivity index (χ1n) is 11.0. The zero-order chi connectivity index (χ0) is 24.1. The lowest BCUT2D eigenvalue weighted by molar-refractivity contribution is -0.135. The first-order chi connectivity index (χ1) is 15.6. The Morgan fingerprint density at radius 1 is 1.15 bits per heavy atom. The summed E-state index contributed by atoms with van der Waals surface area (Å²) < 4.78 is 11.2. The van der Waals surface area contributed by atoms with Crippen LogP contribution < -0.4 is 10.1 Å². The number of rotatable bonds is 8. The van der Waals surface area contributed by atoms with Gasteiger partial charge in [0.1, 0.15) is 23.5 Å². The lowest BCUT2D eigenvalue weighted by atomic mass is 9.88. The van der Waals surface area contributed by atoms with Crippen LogP contribution in [0.4, 0.5) is 4.79 Å². The third-order valence-electron chi connectivity index (χ3n) is 5.36. The van der Waals surface area contributed by atoms with Crippen LogP contribution in [0.2, 0.25) is 0 Å². The first kappa shape index (κ1) is 24.5. The molecule has 0 spiro atoms. The highest BCUT2D eigenvalue weighted by molar-refractivity contribution is 5.93. The number of benzene rings is 2. The number of alkyl carbamates (subject to hydrolysis) is 1. The van der Waals surface area contributed by atoms with Crippen LogP contribution in [0.3, 0.4) is 0 Å². The van der Waals surface area contributed by atoms with E-state index in [9.17, 15) is 19.8 Å². The van der Waals surface area contributed by atoms with Gasteiger partial charge in [-0.1, -0.05) is 42.5 Å². The predicted octanol–water partition coefficient (Wildman–Crippen LogP) is 2.57. The molecule has 1 fully saturated rings. The number of carbonyl (C=O) groups excluding carboxylic acids is 2. The number of nitrogens with one attached hydrogen (secondary N) is 1. The van der Waals surface area contributed by atoms with Gasteiger partial charge in [0.15, 0.2) is 0 Å². The van der Waals surface area contributed by atoms with E-state index in [4.69, 9.17) is 9.47 Å². The number of nitrogens with zero attached hydrogens (tertiary/aromatic N) is 1. The quantitative estimate of drug-likeness (QED) is 0.564. The molecule has 33 heavy (non-hydrogen) atoms. The SMILES string of the molecule is CC(C)(C)OC(=O)NC1(c2ccc(OCc3ccccc3)cc2)CCN(CC(O)CO)C1=O. The summed E-state index contributed by atoms with van der Waals surface area (Å²) in [7, 11) is 0.